The van der Waals surface area contributed by atoms with Gasteiger partial charge >= 0.3 is 0 Å². The second-order valence-corrected chi connectivity index (χ2v) is 6.49. The van der Waals surface area contributed by atoms with Crippen LogP contribution >= 0.6 is 11.3 Å². The summed E-state index contributed by atoms with van der Waals surface area (Å²) < 4.78 is 5.68. The maximum atomic E-state index is 5.68. The minimum absolute atomic E-state index is 0.582. The molecule has 0 saturated heterocycles. The van der Waals surface area contributed by atoms with E-state index in [1.807, 2.05) is 39.1 Å². The van der Waals surface area contributed by atoms with Gasteiger partial charge in [-0.05, 0) is 26.8 Å². The Labute approximate surface area is 148 Å². The minimum Gasteiger partial charge on any atom is -0.494 e. The molecule has 1 N–H and O–H groups in total. The average Bonchev–Trinajstić information content (AvgIpc) is 2.97. The molecule has 1 aromatic heterocycles. The lowest BCUT2D eigenvalue weighted by atomic mass is 10.2. The first-order chi connectivity index (χ1) is 11.6. The van der Waals surface area contributed by atoms with Crippen molar-refractivity contribution in [3.63, 3.8) is 0 Å². The van der Waals surface area contributed by atoms with Gasteiger partial charge in [0.1, 0.15) is 5.75 Å². The molecule has 0 saturated carbocycles. The van der Waals surface area contributed by atoms with Crippen molar-refractivity contribution < 1.29 is 4.74 Å². The quantitative estimate of drug-likeness (QED) is 0.616. The molecule has 0 unspecified atom stereocenters. The van der Waals surface area contributed by atoms with Crippen LogP contribution in [0.25, 0.3) is 0 Å². The molecular formula is C18H26N4OS. The van der Waals surface area contributed by atoms with Crippen molar-refractivity contribution >= 4 is 17.3 Å². The first kappa shape index (κ1) is 18.3. The van der Waals surface area contributed by atoms with E-state index in [9.17, 15) is 0 Å². The third kappa shape index (κ3) is 5.23. The molecule has 24 heavy (non-hydrogen) atoms. The number of thiazole rings is 1. The van der Waals surface area contributed by atoms with Gasteiger partial charge in [0.05, 0.1) is 30.4 Å². The Balaban J connectivity index is 2.10. The summed E-state index contributed by atoms with van der Waals surface area (Å²) in [5.41, 5.74) is 2.16. The Morgan fingerprint density at radius 1 is 1.33 bits per heavy atom. The second kappa shape index (κ2) is 9.27. The molecule has 1 heterocycles. The van der Waals surface area contributed by atoms with Crippen molar-refractivity contribution in [3.05, 3.63) is 45.9 Å². The van der Waals surface area contributed by atoms with Crippen molar-refractivity contribution in [1.82, 2.24) is 15.2 Å². The number of benzene rings is 1. The molecule has 0 aliphatic carbocycles. The van der Waals surface area contributed by atoms with Crippen LogP contribution in [-0.2, 0) is 13.1 Å². The minimum atomic E-state index is 0.582. The Bertz CT molecular complexity index is 669. The van der Waals surface area contributed by atoms with Crippen molar-refractivity contribution in [2.45, 2.75) is 33.9 Å². The summed E-state index contributed by atoms with van der Waals surface area (Å²) >= 11 is 1.67. The number of aromatic nitrogens is 1. The van der Waals surface area contributed by atoms with Crippen molar-refractivity contribution in [3.8, 4) is 5.75 Å². The molecule has 0 aliphatic heterocycles. The van der Waals surface area contributed by atoms with E-state index in [4.69, 9.17) is 9.73 Å². The normalized spacial score (nSPS) is 11.4. The summed E-state index contributed by atoms with van der Waals surface area (Å²) in [5.74, 6) is 1.77. The zero-order chi connectivity index (χ0) is 17.4. The number of rotatable bonds is 7. The molecule has 0 atom stereocenters. The Hall–Kier alpha value is -2.08. The molecular weight excluding hydrogens is 320 g/mol. The first-order valence-corrected chi connectivity index (χ1v) is 9.13. The van der Waals surface area contributed by atoms with Crippen LogP contribution in [0.15, 0.2) is 34.6 Å². The van der Waals surface area contributed by atoms with E-state index < -0.39 is 0 Å². The smallest absolute Gasteiger partial charge is 0.194 e. The van der Waals surface area contributed by atoms with Crippen LogP contribution in [0.5, 0.6) is 5.75 Å². The standard InChI is InChI=1S/C18H26N4OS/c1-5-19-18(22(4)12-16-13-24-14(3)21-16)20-11-15-9-7-8-10-17(15)23-6-2/h7-10,13H,5-6,11-12H2,1-4H3,(H,19,20). The van der Waals surface area contributed by atoms with Crippen molar-refractivity contribution in [2.75, 3.05) is 20.2 Å². The van der Waals surface area contributed by atoms with Crippen LogP contribution < -0.4 is 10.1 Å². The number of hydrogen-bond acceptors (Lipinski definition) is 4. The molecule has 5 nitrogen and oxygen atoms in total. The average molecular weight is 347 g/mol. The predicted octanol–water partition coefficient (Wildman–Crippen LogP) is 3.45. The van der Waals surface area contributed by atoms with Crippen molar-refractivity contribution in [1.29, 1.82) is 0 Å². The number of aliphatic imine (C=N–C) groups is 1. The molecule has 2 rings (SSSR count). The summed E-state index contributed by atoms with van der Waals surface area (Å²) in [6.07, 6.45) is 0. The third-order valence-electron chi connectivity index (χ3n) is 3.43. The summed E-state index contributed by atoms with van der Waals surface area (Å²) in [7, 11) is 2.03. The van der Waals surface area contributed by atoms with Crippen LogP contribution in [0.1, 0.15) is 30.1 Å². The Morgan fingerprint density at radius 2 is 2.12 bits per heavy atom. The molecule has 1 aromatic carbocycles. The summed E-state index contributed by atoms with van der Waals surface area (Å²) in [6.45, 7) is 8.90. The first-order valence-electron chi connectivity index (χ1n) is 8.25. The highest BCUT2D eigenvalue weighted by Crippen LogP contribution is 2.19. The molecule has 130 valence electrons. The fourth-order valence-corrected chi connectivity index (χ4v) is 2.96. The zero-order valence-corrected chi connectivity index (χ0v) is 15.7. The zero-order valence-electron chi connectivity index (χ0n) is 14.9. The fraction of sp³-hybridized carbons (Fsp3) is 0.444. The van der Waals surface area contributed by atoms with Crippen LogP contribution in [0.4, 0.5) is 0 Å². The second-order valence-electron chi connectivity index (χ2n) is 5.42. The van der Waals surface area contributed by atoms with E-state index in [0.717, 1.165) is 41.1 Å². The largest absolute Gasteiger partial charge is 0.494 e. The lowest BCUT2D eigenvalue weighted by molar-refractivity contribution is 0.336. The van der Waals surface area contributed by atoms with Gasteiger partial charge in [0.15, 0.2) is 5.96 Å². The lowest BCUT2D eigenvalue weighted by Gasteiger charge is -2.21. The third-order valence-corrected chi connectivity index (χ3v) is 4.26. The van der Waals surface area contributed by atoms with Crippen LogP contribution in [0, 0.1) is 6.92 Å². The SMILES string of the molecule is CCNC(=NCc1ccccc1OCC)N(C)Cc1csc(C)n1. The van der Waals surface area contributed by atoms with Gasteiger partial charge in [-0.1, -0.05) is 18.2 Å². The van der Waals surface area contributed by atoms with Gasteiger partial charge in [-0.2, -0.15) is 0 Å². The van der Waals surface area contributed by atoms with Gasteiger partial charge in [-0.3, -0.25) is 0 Å². The van der Waals surface area contributed by atoms with Gasteiger partial charge in [-0.15, -0.1) is 11.3 Å². The highest BCUT2D eigenvalue weighted by molar-refractivity contribution is 7.09. The van der Waals surface area contributed by atoms with E-state index in [2.05, 4.69) is 33.6 Å². The van der Waals surface area contributed by atoms with E-state index in [1.165, 1.54) is 0 Å². The number of hydrogen-bond donors (Lipinski definition) is 1. The Morgan fingerprint density at radius 3 is 2.79 bits per heavy atom. The van der Waals surface area contributed by atoms with Gasteiger partial charge in [0, 0.05) is 24.5 Å². The topological polar surface area (TPSA) is 49.8 Å². The summed E-state index contributed by atoms with van der Waals surface area (Å²) in [4.78, 5) is 11.4. The van der Waals surface area contributed by atoms with Gasteiger partial charge in [0.2, 0.25) is 0 Å². The maximum absolute atomic E-state index is 5.68. The molecule has 0 radical (unpaired) electrons. The van der Waals surface area contributed by atoms with Gasteiger partial charge in [0.25, 0.3) is 0 Å². The highest BCUT2D eigenvalue weighted by Gasteiger charge is 2.09. The molecule has 0 fully saturated rings. The number of aryl methyl sites for hydroxylation is 1. The summed E-state index contributed by atoms with van der Waals surface area (Å²) in [6, 6.07) is 8.05. The highest BCUT2D eigenvalue weighted by atomic mass is 32.1. The number of ether oxygens (including phenoxy) is 1. The number of nitrogens with zero attached hydrogens (tertiary/aromatic N) is 3. The number of para-hydroxylation sites is 1. The molecule has 0 bridgehead atoms. The Kier molecular flexibility index (Phi) is 7.06. The molecule has 6 heteroatoms. The van der Waals surface area contributed by atoms with Gasteiger partial charge in [-0.25, -0.2) is 9.98 Å². The predicted molar refractivity (Wildman–Crippen MR) is 101 cm³/mol. The van der Waals surface area contributed by atoms with E-state index >= 15 is 0 Å². The number of guanidine groups is 1. The van der Waals surface area contributed by atoms with E-state index in [0.29, 0.717) is 13.2 Å². The number of nitrogens with one attached hydrogen (secondary N) is 1. The van der Waals surface area contributed by atoms with Gasteiger partial charge < -0.3 is 15.0 Å². The lowest BCUT2D eigenvalue weighted by Crippen LogP contribution is -2.38. The monoisotopic (exact) mass is 346 g/mol. The molecule has 0 amide bonds. The van der Waals surface area contributed by atoms with Crippen LogP contribution in [0.3, 0.4) is 0 Å². The van der Waals surface area contributed by atoms with Crippen LogP contribution in [-0.4, -0.2) is 36.0 Å². The fourth-order valence-electron chi connectivity index (χ4n) is 2.36. The van der Waals surface area contributed by atoms with Crippen molar-refractivity contribution in [2.24, 2.45) is 4.99 Å². The molecule has 0 spiro atoms. The maximum Gasteiger partial charge on any atom is 0.194 e. The molecule has 0 aliphatic rings. The molecule has 2 aromatic rings. The van der Waals surface area contributed by atoms with Crippen LogP contribution in [0.2, 0.25) is 0 Å². The van der Waals surface area contributed by atoms with E-state index in [-0.39, 0.29) is 0 Å². The van der Waals surface area contributed by atoms with E-state index in [1.54, 1.807) is 11.3 Å². The summed E-state index contributed by atoms with van der Waals surface area (Å²) in [5, 5.41) is 6.53.